The zero-order chi connectivity index (χ0) is 17.9. The highest BCUT2D eigenvalue weighted by Crippen LogP contribution is 2.32. The third-order valence-corrected chi connectivity index (χ3v) is 6.22. The van der Waals surface area contributed by atoms with Crippen molar-refractivity contribution in [3.63, 3.8) is 0 Å². The highest BCUT2D eigenvalue weighted by Gasteiger charge is 2.16. The van der Waals surface area contributed by atoms with Gasteiger partial charge in [0.2, 0.25) is 10.0 Å². The number of aliphatic hydroxyl groups is 1. The maximum atomic E-state index is 12.2. The summed E-state index contributed by atoms with van der Waals surface area (Å²) in [5.74, 6) is 0. The maximum absolute atomic E-state index is 12.2. The quantitative estimate of drug-likeness (QED) is 0.580. The summed E-state index contributed by atoms with van der Waals surface area (Å²) >= 11 is 1.53. The van der Waals surface area contributed by atoms with E-state index < -0.39 is 10.0 Å². The minimum atomic E-state index is -3.64. The van der Waals surface area contributed by atoms with Crippen molar-refractivity contribution < 1.29 is 13.5 Å². The third-order valence-electron chi connectivity index (χ3n) is 3.55. The second kappa shape index (κ2) is 7.44. The van der Waals surface area contributed by atoms with E-state index in [0.29, 0.717) is 6.42 Å². The van der Waals surface area contributed by atoms with Crippen LogP contribution in [0.1, 0.15) is 16.4 Å². The molecule has 0 bridgehead atoms. The zero-order valence-corrected chi connectivity index (χ0v) is 15.2. The lowest BCUT2D eigenvalue weighted by molar-refractivity contribution is 0.301. The SMILES string of the molecule is Cc1nc(Cc2ccn[nH]2)sc1-c1cccc(S(=O)(=O)NCCO)c1. The molecule has 0 unspecified atom stereocenters. The summed E-state index contributed by atoms with van der Waals surface area (Å²) in [6.07, 6.45) is 2.35. The first kappa shape index (κ1) is 17.7. The molecule has 0 aliphatic carbocycles. The van der Waals surface area contributed by atoms with Crippen LogP contribution in [-0.4, -0.2) is 41.9 Å². The number of aliphatic hydroxyl groups excluding tert-OH is 1. The van der Waals surface area contributed by atoms with Gasteiger partial charge in [-0.2, -0.15) is 5.10 Å². The second-order valence-electron chi connectivity index (χ2n) is 5.43. The average Bonchev–Trinajstić information content (AvgIpc) is 3.23. The lowest BCUT2D eigenvalue weighted by atomic mass is 10.2. The van der Waals surface area contributed by atoms with Crippen LogP contribution in [0.25, 0.3) is 10.4 Å². The Bertz CT molecular complexity index is 950. The van der Waals surface area contributed by atoms with Gasteiger partial charge in [-0.1, -0.05) is 12.1 Å². The fourth-order valence-electron chi connectivity index (χ4n) is 2.41. The molecule has 0 radical (unpaired) electrons. The van der Waals surface area contributed by atoms with Gasteiger partial charge in [0.05, 0.1) is 27.1 Å². The summed E-state index contributed by atoms with van der Waals surface area (Å²) in [6.45, 7) is 1.65. The molecule has 3 rings (SSSR count). The van der Waals surface area contributed by atoms with E-state index in [9.17, 15) is 8.42 Å². The van der Waals surface area contributed by atoms with E-state index in [4.69, 9.17) is 5.11 Å². The average molecular weight is 378 g/mol. The van der Waals surface area contributed by atoms with Crippen LogP contribution in [0.5, 0.6) is 0 Å². The molecule has 2 heterocycles. The Morgan fingerprint density at radius 1 is 1.32 bits per heavy atom. The molecule has 0 saturated carbocycles. The van der Waals surface area contributed by atoms with Crippen LogP contribution in [0.2, 0.25) is 0 Å². The van der Waals surface area contributed by atoms with Crippen molar-refractivity contribution in [2.75, 3.05) is 13.2 Å². The number of thiazole rings is 1. The molecule has 0 fully saturated rings. The number of hydrogen-bond acceptors (Lipinski definition) is 6. The van der Waals surface area contributed by atoms with Crippen LogP contribution in [0.3, 0.4) is 0 Å². The fraction of sp³-hybridized carbons (Fsp3) is 0.250. The molecule has 0 aliphatic heterocycles. The fourth-order valence-corrected chi connectivity index (χ4v) is 4.56. The Balaban J connectivity index is 1.89. The van der Waals surface area contributed by atoms with Gasteiger partial charge in [0.25, 0.3) is 0 Å². The third kappa shape index (κ3) is 4.13. The van der Waals surface area contributed by atoms with E-state index in [-0.39, 0.29) is 18.0 Å². The first-order valence-corrected chi connectivity index (χ1v) is 9.95. The van der Waals surface area contributed by atoms with Gasteiger partial charge in [-0.3, -0.25) is 5.10 Å². The van der Waals surface area contributed by atoms with Crippen LogP contribution < -0.4 is 4.72 Å². The van der Waals surface area contributed by atoms with Gasteiger partial charge in [-0.25, -0.2) is 18.1 Å². The summed E-state index contributed by atoms with van der Waals surface area (Å²) in [4.78, 5) is 5.68. The Morgan fingerprint density at radius 2 is 2.16 bits per heavy atom. The Kier molecular flexibility index (Phi) is 5.28. The predicted molar refractivity (Wildman–Crippen MR) is 96.0 cm³/mol. The second-order valence-corrected chi connectivity index (χ2v) is 8.28. The molecule has 0 spiro atoms. The van der Waals surface area contributed by atoms with E-state index >= 15 is 0 Å². The number of rotatable bonds is 7. The molecule has 0 atom stereocenters. The summed E-state index contributed by atoms with van der Waals surface area (Å²) in [5.41, 5.74) is 2.64. The van der Waals surface area contributed by atoms with E-state index in [1.807, 2.05) is 19.1 Å². The topological polar surface area (TPSA) is 108 Å². The normalized spacial score (nSPS) is 11.8. The van der Waals surface area contributed by atoms with Crippen LogP contribution in [0.4, 0.5) is 0 Å². The molecule has 3 aromatic rings. The molecule has 25 heavy (non-hydrogen) atoms. The highest BCUT2D eigenvalue weighted by atomic mass is 32.2. The van der Waals surface area contributed by atoms with Crippen molar-refractivity contribution in [1.82, 2.24) is 19.9 Å². The minimum Gasteiger partial charge on any atom is -0.395 e. The van der Waals surface area contributed by atoms with Crippen molar-refractivity contribution in [1.29, 1.82) is 0 Å². The van der Waals surface area contributed by atoms with Gasteiger partial charge in [-0.05, 0) is 30.7 Å². The summed E-state index contributed by atoms with van der Waals surface area (Å²) < 4.78 is 26.8. The number of hydrogen-bond donors (Lipinski definition) is 3. The van der Waals surface area contributed by atoms with Crippen molar-refractivity contribution in [2.45, 2.75) is 18.2 Å². The Hall–Kier alpha value is -2.07. The highest BCUT2D eigenvalue weighted by molar-refractivity contribution is 7.89. The Labute approximate surface area is 149 Å². The number of aromatic nitrogens is 3. The molecule has 0 aliphatic rings. The predicted octanol–water partition coefficient (Wildman–Crippen LogP) is 1.70. The monoisotopic (exact) mass is 378 g/mol. The van der Waals surface area contributed by atoms with Gasteiger partial charge in [0.15, 0.2) is 0 Å². The van der Waals surface area contributed by atoms with Crippen LogP contribution in [-0.2, 0) is 16.4 Å². The smallest absolute Gasteiger partial charge is 0.240 e. The number of nitrogens with zero attached hydrogens (tertiary/aromatic N) is 2. The summed E-state index contributed by atoms with van der Waals surface area (Å²) in [7, 11) is -3.64. The first-order chi connectivity index (χ1) is 12.0. The molecule has 9 heteroatoms. The van der Waals surface area contributed by atoms with Crippen molar-refractivity contribution in [3.05, 3.63) is 52.9 Å². The van der Waals surface area contributed by atoms with Crippen LogP contribution >= 0.6 is 11.3 Å². The maximum Gasteiger partial charge on any atom is 0.240 e. The van der Waals surface area contributed by atoms with Crippen LogP contribution in [0.15, 0.2) is 41.4 Å². The number of benzene rings is 1. The van der Waals surface area contributed by atoms with E-state index in [0.717, 1.165) is 26.8 Å². The Morgan fingerprint density at radius 3 is 2.88 bits per heavy atom. The van der Waals surface area contributed by atoms with Gasteiger partial charge < -0.3 is 5.11 Å². The van der Waals surface area contributed by atoms with E-state index in [2.05, 4.69) is 19.9 Å². The van der Waals surface area contributed by atoms with Crippen LogP contribution in [0, 0.1) is 6.92 Å². The largest absolute Gasteiger partial charge is 0.395 e. The molecule has 132 valence electrons. The molecule has 2 aromatic heterocycles. The number of nitrogens with one attached hydrogen (secondary N) is 2. The van der Waals surface area contributed by atoms with Gasteiger partial charge in [-0.15, -0.1) is 11.3 Å². The number of aryl methyl sites for hydroxylation is 1. The molecule has 1 aromatic carbocycles. The van der Waals surface area contributed by atoms with Gasteiger partial charge >= 0.3 is 0 Å². The van der Waals surface area contributed by atoms with Crippen molar-refractivity contribution >= 4 is 21.4 Å². The van der Waals surface area contributed by atoms with Gasteiger partial charge in [0, 0.05) is 24.9 Å². The molecule has 7 nitrogen and oxygen atoms in total. The standard InChI is InChI=1S/C16H18N4O3S2/c1-11-16(24-15(19-11)10-13-5-6-17-20-13)12-3-2-4-14(9-12)25(22,23)18-7-8-21/h2-6,9,18,21H,7-8,10H2,1H3,(H,17,20). The lowest BCUT2D eigenvalue weighted by Crippen LogP contribution is -2.26. The summed E-state index contributed by atoms with van der Waals surface area (Å²) in [5, 5.41) is 16.6. The van der Waals surface area contributed by atoms with Crippen molar-refractivity contribution in [3.8, 4) is 10.4 Å². The van der Waals surface area contributed by atoms with Gasteiger partial charge in [0.1, 0.15) is 0 Å². The molecule has 0 saturated heterocycles. The van der Waals surface area contributed by atoms with E-state index in [1.54, 1.807) is 18.3 Å². The molecular weight excluding hydrogens is 360 g/mol. The molecule has 3 N–H and O–H groups in total. The van der Waals surface area contributed by atoms with Crippen molar-refractivity contribution in [2.24, 2.45) is 0 Å². The summed E-state index contributed by atoms with van der Waals surface area (Å²) in [6, 6.07) is 8.63. The number of aromatic amines is 1. The lowest BCUT2D eigenvalue weighted by Gasteiger charge is -2.07. The van der Waals surface area contributed by atoms with E-state index in [1.165, 1.54) is 17.4 Å². The number of H-pyrrole nitrogens is 1. The minimum absolute atomic E-state index is 0.0134. The first-order valence-electron chi connectivity index (χ1n) is 7.65. The molecular formula is C16H18N4O3S2. The number of sulfonamides is 1. The zero-order valence-electron chi connectivity index (χ0n) is 13.6. The molecule has 0 amide bonds.